The minimum atomic E-state index is -1.19. The van der Waals surface area contributed by atoms with Gasteiger partial charge in [-0.25, -0.2) is 0 Å². The Morgan fingerprint density at radius 1 is 0.917 bits per heavy atom. The molecule has 60 heavy (non-hydrogen) atoms. The number of aliphatic carboxylic acids is 1. The van der Waals surface area contributed by atoms with Crippen molar-refractivity contribution in [3.8, 4) is 0 Å². The maximum atomic E-state index is 14.4. The molecule has 4 saturated carbocycles. The number of ketones is 1. The second-order valence-corrected chi connectivity index (χ2v) is 22.2. The molecule has 2 N–H and O–H groups in total. The Balaban J connectivity index is 1.17. The average Bonchev–Trinajstić information content (AvgIpc) is 3.74. The van der Waals surface area contributed by atoms with E-state index in [1.165, 1.54) is 0 Å². The molecule has 7 rings (SSSR count). The van der Waals surface area contributed by atoms with E-state index in [4.69, 9.17) is 4.74 Å². The average molecular weight is 829 g/mol. The van der Waals surface area contributed by atoms with E-state index in [2.05, 4.69) is 48.5 Å². The van der Waals surface area contributed by atoms with Crippen LogP contribution in [0.1, 0.15) is 150 Å². The summed E-state index contributed by atoms with van der Waals surface area (Å²) in [7, 11) is 0. The van der Waals surface area contributed by atoms with E-state index in [1.807, 2.05) is 23.1 Å². The first-order valence-electron chi connectivity index (χ1n) is 23.0. The first-order chi connectivity index (χ1) is 28.0. The molecule has 0 aromatic heterocycles. The van der Waals surface area contributed by atoms with E-state index >= 15 is 0 Å². The lowest BCUT2D eigenvalue weighted by Crippen LogP contribution is -2.66. The molecule has 6 aliphatic rings. The highest BCUT2D eigenvalue weighted by atomic mass is 16.5. The number of aliphatic hydroxyl groups is 1. The molecule has 2 unspecified atom stereocenters. The fraction of sp³-hybridized carbons (Fsp3) is 0.740. The van der Waals surface area contributed by atoms with Crippen molar-refractivity contribution in [2.45, 2.75) is 152 Å². The summed E-state index contributed by atoms with van der Waals surface area (Å²) in [5, 5.41) is 22.4. The third-order valence-corrected chi connectivity index (χ3v) is 18.0. The topological polar surface area (TPSA) is 142 Å². The Hall–Kier alpha value is -3.53. The van der Waals surface area contributed by atoms with Crippen LogP contribution in [-0.4, -0.2) is 87.9 Å². The number of amides is 2. The lowest BCUT2D eigenvalue weighted by Gasteiger charge is -2.72. The standard InChI is InChI=1S/C50H72N2O8/c1-31(2)41-34(53)28-50(37(54)30-52(27-26-51-25-13-16-39(51)55)43(57)32-14-11-10-12-15-32)24-23-48(8)33(42(41)50)17-18-36-47(7)21-20-38(60-40(56)29-45(3,4)44(58)59)46(5,6)35(47)19-22-49(36,48)9/h10-12,14-15,31,33,35-38,54H,13,16-30H2,1-9H3,(H,58,59)/t33-,35?,36?,37-,38+,47+,48-,49-,50+/m1/s1. The number of esters is 1. The van der Waals surface area contributed by atoms with Gasteiger partial charge in [-0.3, -0.25) is 24.0 Å². The summed E-state index contributed by atoms with van der Waals surface area (Å²) in [6.07, 6.45) is 7.38. The van der Waals surface area contributed by atoms with Crippen molar-refractivity contribution in [2.24, 2.45) is 56.2 Å². The highest BCUT2D eigenvalue weighted by Crippen LogP contribution is 2.77. The highest BCUT2D eigenvalue weighted by Gasteiger charge is 2.71. The van der Waals surface area contributed by atoms with Crippen LogP contribution in [0.25, 0.3) is 0 Å². The van der Waals surface area contributed by atoms with Crippen LogP contribution in [0.3, 0.4) is 0 Å². The number of hydrogen-bond acceptors (Lipinski definition) is 7. The summed E-state index contributed by atoms with van der Waals surface area (Å²) in [6.45, 7) is 20.9. The smallest absolute Gasteiger partial charge is 0.309 e. The van der Waals surface area contributed by atoms with Gasteiger partial charge in [-0.2, -0.15) is 0 Å². The van der Waals surface area contributed by atoms with Gasteiger partial charge < -0.3 is 24.7 Å². The molecule has 5 fully saturated rings. The van der Waals surface area contributed by atoms with Gasteiger partial charge in [-0.1, -0.05) is 72.2 Å². The van der Waals surface area contributed by atoms with E-state index in [0.717, 1.165) is 62.5 Å². The van der Waals surface area contributed by atoms with Crippen molar-refractivity contribution in [1.29, 1.82) is 0 Å². The number of ether oxygens (including phenoxy) is 1. The summed E-state index contributed by atoms with van der Waals surface area (Å²) < 4.78 is 6.19. The monoisotopic (exact) mass is 829 g/mol. The molecule has 1 aromatic carbocycles. The van der Waals surface area contributed by atoms with Crippen LogP contribution >= 0.6 is 0 Å². The zero-order valence-electron chi connectivity index (χ0n) is 37.9. The molecule has 1 heterocycles. The van der Waals surface area contributed by atoms with Gasteiger partial charge in [-0.05, 0) is 129 Å². The number of carbonyl (C=O) groups excluding carboxylic acids is 4. The number of benzene rings is 1. The van der Waals surface area contributed by atoms with Gasteiger partial charge >= 0.3 is 11.9 Å². The molecule has 2 amide bonds. The van der Waals surface area contributed by atoms with Crippen molar-refractivity contribution in [1.82, 2.24) is 9.80 Å². The van der Waals surface area contributed by atoms with Crippen LogP contribution in [0.4, 0.5) is 0 Å². The predicted octanol–water partition coefficient (Wildman–Crippen LogP) is 8.51. The fourth-order valence-corrected chi connectivity index (χ4v) is 14.5. The number of hydrogen-bond donors (Lipinski definition) is 2. The maximum Gasteiger partial charge on any atom is 0.309 e. The van der Waals surface area contributed by atoms with E-state index < -0.39 is 28.9 Å². The molecular weight excluding hydrogens is 757 g/mol. The molecule has 330 valence electrons. The maximum absolute atomic E-state index is 14.4. The Morgan fingerprint density at radius 3 is 2.25 bits per heavy atom. The first kappa shape index (κ1) is 44.5. The van der Waals surface area contributed by atoms with Gasteiger partial charge in [-0.15, -0.1) is 0 Å². The van der Waals surface area contributed by atoms with Crippen LogP contribution in [0.15, 0.2) is 41.5 Å². The zero-order chi connectivity index (χ0) is 43.8. The third kappa shape index (κ3) is 7.06. The number of allylic oxidation sites excluding steroid dienone is 1. The van der Waals surface area contributed by atoms with Gasteiger partial charge in [0.15, 0.2) is 5.78 Å². The molecule has 1 saturated heterocycles. The van der Waals surface area contributed by atoms with Gasteiger partial charge in [0.1, 0.15) is 6.10 Å². The second kappa shape index (κ2) is 15.7. The minimum Gasteiger partial charge on any atom is -0.481 e. The van der Waals surface area contributed by atoms with E-state index in [9.17, 15) is 34.2 Å². The number of rotatable bonds is 12. The number of likely N-dealkylation sites (tertiary alicyclic amines) is 1. The molecular formula is C50H72N2O8. The number of fused-ring (bicyclic) bond motifs is 7. The van der Waals surface area contributed by atoms with Crippen LogP contribution in [0, 0.1) is 56.2 Å². The summed E-state index contributed by atoms with van der Waals surface area (Å²) >= 11 is 0. The van der Waals surface area contributed by atoms with Crippen molar-refractivity contribution >= 4 is 29.5 Å². The van der Waals surface area contributed by atoms with Crippen molar-refractivity contribution < 1.29 is 38.9 Å². The predicted molar refractivity (Wildman–Crippen MR) is 230 cm³/mol. The van der Waals surface area contributed by atoms with Crippen LogP contribution in [0.2, 0.25) is 0 Å². The molecule has 5 aliphatic carbocycles. The Kier molecular flexibility index (Phi) is 11.6. The van der Waals surface area contributed by atoms with Crippen LogP contribution < -0.4 is 0 Å². The lowest BCUT2D eigenvalue weighted by molar-refractivity contribution is -0.235. The first-order valence-corrected chi connectivity index (χ1v) is 23.0. The molecule has 9 atom stereocenters. The molecule has 1 aliphatic heterocycles. The summed E-state index contributed by atoms with van der Waals surface area (Å²) in [4.78, 5) is 69.7. The second-order valence-electron chi connectivity index (χ2n) is 22.2. The van der Waals surface area contributed by atoms with Gasteiger partial charge in [0.2, 0.25) is 5.91 Å². The third-order valence-electron chi connectivity index (χ3n) is 18.0. The lowest BCUT2D eigenvalue weighted by atomic mass is 9.33. The fourth-order valence-electron chi connectivity index (χ4n) is 14.5. The zero-order valence-corrected chi connectivity index (χ0v) is 37.9. The number of carboxylic acids is 1. The highest BCUT2D eigenvalue weighted by molar-refractivity contribution is 6.01. The molecule has 0 radical (unpaired) electrons. The molecule has 1 aromatic rings. The van der Waals surface area contributed by atoms with Crippen molar-refractivity contribution in [3.63, 3.8) is 0 Å². The van der Waals surface area contributed by atoms with E-state index in [0.29, 0.717) is 49.9 Å². The normalized spacial score (nSPS) is 35.4. The van der Waals surface area contributed by atoms with Crippen molar-refractivity contribution in [3.05, 3.63) is 47.0 Å². The van der Waals surface area contributed by atoms with E-state index in [-0.39, 0.29) is 76.6 Å². The quantitative estimate of drug-likeness (QED) is 0.200. The number of Topliss-reactive ketones (excluding diaryl/α,β-unsaturated/α-hetero) is 1. The molecule has 0 spiro atoms. The number of aliphatic hydroxyl groups excluding tert-OH is 1. The Bertz CT molecular complexity index is 1920. The number of nitrogens with zero attached hydrogens (tertiary/aromatic N) is 2. The SMILES string of the molecule is CC(C)C1=C2[C@H]3CCC4[C@@]5(C)CC[C@H](OC(=O)CC(C)(C)C(=O)O)C(C)(C)C5CC[C@@]4(C)[C@]3(C)CC[C@@]2([C@H](O)CN(CCN2CCCC2=O)C(=O)c2ccccc2)CC1=O. The van der Waals surface area contributed by atoms with Gasteiger partial charge in [0.25, 0.3) is 5.91 Å². The largest absolute Gasteiger partial charge is 0.481 e. The summed E-state index contributed by atoms with van der Waals surface area (Å²) in [6, 6.07) is 9.16. The molecule has 10 heteroatoms. The number of carbonyl (C=O) groups is 5. The summed E-state index contributed by atoms with van der Waals surface area (Å²) in [5.41, 5.74) is 0.183. The van der Waals surface area contributed by atoms with Crippen LogP contribution in [0.5, 0.6) is 0 Å². The summed E-state index contributed by atoms with van der Waals surface area (Å²) in [5.74, 6) is -0.537. The minimum absolute atomic E-state index is 0.00243. The molecule has 0 bridgehead atoms. The van der Waals surface area contributed by atoms with Crippen LogP contribution in [-0.2, 0) is 23.9 Å². The van der Waals surface area contributed by atoms with Crippen molar-refractivity contribution in [2.75, 3.05) is 26.2 Å². The Labute approximate surface area is 358 Å². The Morgan fingerprint density at radius 2 is 1.62 bits per heavy atom. The molecule has 10 nitrogen and oxygen atoms in total. The van der Waals surface area contributed by atoms with E-state index in [1.54, 1.807) is 30.9 Å². The van der Waals surface area contributed by atoms with Gasteiger partial charge in [0.05, 0.1) is 17.9 Å². The number of carboxylic acid groups (broad SMARTS) is 1. The van der Waals surface area contributed by atoms with Gasteiger partial charge in [0, 0.05) is 55.4 Å².